The van der Waals surface area contributed by atoms with Gasteiger partial charge in [-0.25, -0.2) is 4.79 Å². The number of benzene rings is 5. The standard InChI is InChI=1S/C81H120O7/c1-52(2)28-24-32-84-72-56-36-57-42-67(78(12,13)14)44-59(73(57)85-33-25-29-53(3)4)38-61-46-69(80(18,19)20)48-63(75(61)87-35-27-31-55(7)8)40-65-50-70(81(21,22)23)49-64(76(65)88-51-71(82)83)39-62-47-68(79(15,16)17)45-60(74(62)86-34-26-30-54(5)6)37-58(72)43-66(41-56)77(9,10)11/h41-50,52-55H,24-40,51H2,1-23H3,(H,82,83). The third kappa shape index (κ3) is 20.5. The van der Waals surface area contributed by atoms with Crippen molar-refractivity contribution in [1.29, 1.82) is 0 Å². The molecule has 1 aliphatic carbocycles. The van der Waals surface area contributed by atoms with E-state index in [9.17, 15) is 9.90 Å². The molecule has 0 radical (unpaired) electrons. The summed E-state index contributed by atoms with van der Waals surface area (Å²) in [6.07, 6.45) is 10.7. The van der Waals surface area contributed by atoms with Crippen molar-refractivity contribution in [2.45, 2.75) is 270 Å². The molecule has 0 amide bonds. The molecule has 5 aromatic carbocycles. The van der Waals surface area contributed by atoms with Crippen LogP contribution in [0.2, 0.25) is 0 Å². The molecule has 88 heavy (non-hydrogen) atoms. The number of ether oxygens (including phenoxy) is 5. The Hall–Kier alpha value is -5.43. The number of carbonyl (C=O) groups is 1. The highest BCUT2D eigenvalue weighted by Crippen LogP contribution is 2.46. The van der Waals surface area contributed by atoms with Crippen LogP contribution >= 0.6 is 0 Å². The van der Waals surface area contributed by atoms with Crippen LogP contribution in [0.1, 0.15) is 294 Å². The van der Waals surface area contributed by atoms with Crippen molar-refractivity contribution < 1.29 is 33.6 Å². The number of carboxylic acid groups (broad SMARTS) is 1. The van der Waals surface area contributed by atoms with Crippen molar-refractivity contribution in [3.05, 3.63) is 144 Å². The molecule has 1 aliphatic rings. The van der Waals surface area contributed by atoms with Crippen LogP contribution < -0.4 is 23.7 Å². The molecule has 0 aliphatic heterocycles. The zero-order chi connectivity index (χ0) is 65.3. The van der Waals surface area contributed by atoms with Gasteiger partial charge in [-0.2, -0.15) is 0 Å². The van der Waals surface area contributed by atoms with E-state index >= 15 is 0 Å². The van der Waals surface area contributed by atoms with Crippen LogP contribution in [0.5, 0.6) is 28.7 Å². The Morgan fingerprint density at radius 3 is 0.614 bits per heavy atom. The van der Waals surface area contributed by atoms with Crippen molar-refractivity contribution in [3.8, 4) is 28.7 Å². The molecule has 5 aromatic rings. The van der Waals surface area contributed by atoms with E-state index in [1.807, 2.05) is 0 Å². The topological polar surface area (TPSA) is 83.5 Å². The predicted octanol–water partition coefficient (Wildman–Crippen LogP) is 21.2. The van der Waals surface area contributed by atoms with Crippen molar-refractivity contribution >= 4 is 5.97 Å². The average Bonchev–Trinajstić information content (AvgIpc) is 0.876. The first-order valence-corrected chi connectivity index (χ1v) is 34.1. The van der Waals surface area contributed by atoms with Gasteiger partial charge in [0.05, 0.1) is 26.4 Å². The van der Waals surface area contributed by atoms with Gasteiger partial charge in [0.2, 0.25) is 0 Å². The third-order valence-electron chi connectivity index (χ3n) is 17.5. The fourth-order valence-corrected chi connectivity index (χ4v) is 12.0. The van der Waals surface area contributed by atoms with E-state index in [4.69, 9.17) is 23.7 Å². The second-order valence-corrected chi connectivity index (χ2v) is 33.0. The molecule has 486 valence electrons. The molecule has 6 rings (SSSR count). The van der Waals surface area contributed by atoms with Crippen LogP contribution in [-0.2, 0) is 64.0 Å². The number of rotatable bonds is 23. The molecule has 0 saturated carbocycles. The van der Waals surface area contributed by atoms with Gasteiger partial charge in [0.15, 0.2) is 6.61 Å². The van der Waals surface area contributed by atoms with Crippen molar-refractivity contribution in [3.63, 3.8) is 0 Å². The summed E-state index contributed by atoms with van der Waals surface area (Å²) >= 11 is 0. The van der Waals surface area contributed by atoms with Crippen LogP contribution in [0.4, 0.5) is 0 Å². The van der Waals surface area contributed by atoms with Gasteiger partial charge in [0, 0.05) is 32.1 Å². The largest absolute Gasteiger partial charge is 0.493 e. The molecule has 0 fully saturated rings. The summed E-state index contributed by atoms with van der Waals surface area (Å²) < 4.78 is 36.2. The molecule has 7 heteroatoms. The third-order valence-corrected chi connectivity index (χ3v) is 17.5. The van der Waals surface area contributed by atoms with Crippen molar-refractivity contribution in [2.75, 3.05) is 33.0 Å². The maximum atomic E-state index is 12.9. The van der Waals surface area contributed by atoms with Crippen molar-refractivity contribution in [1.82, 2.24) is 0 Å². The average molecular weight is 1210 g/mol. The molecule has 0 heterocycles. The number of hydrogen-bond acceptors (Lipinski definition) is 6. The van der Waals surface area contributed by atoms with Crippen LogP contribution in [0, 0.1) is 23.7 Å². The second kappa shape index (κ2) is 30.1. The van der Waals surface area contributed by atoms with Gasteiger partial charge in [-0.15, -0.1) is 0 Å². The van der Waals surface area contributed by atoms with Gasteiger partial charge in [-0.1, -0.05) is 220 Å². The van der Waals surface area contributed by atoms with Gasteiger partial charge in [0.25, 0.3) is 0 Å². The van der Waals surface area contributed by atoms with E-state index in [-0.39, 0.29) is 27.1 Å². The summed E-state index contributed by atoms with van der Waals surface area (Å²) in [5, 5.41) is 10.5. The van der Waals surface area contributed by atoms with Gasteiger partial charge in [0.1, 0.15) is 28.7 Å². The Morgan fingerprint density at radius 1 is 0.318 bits per heavy atom. The number of fused-ring (bicyclic) bond motifs is 10. The van der Waals surface area contributed by atoms with Gasteiger partial charge in [-0.3, -0.25) is 0 Å². The Kier molecular flexibility index (Phi) is 24.5. The molecule has 0 spiro atoms. The summed E-state index contributed by atoms with van der Waals surface area (Å²) in [5.74, 6) is 5.40. The predicted molar refractivity (Wildman–Crippen MR) is 371 cm³/mol. The minimum atomic E-state index is -1.02. The van der Waals surface area contributed by atoms with E-state index in [1.165, 1.54) is 22.3 Å². The minimum Gasteiger partial charge on any atom is -0.493 e. The summed E-state index contributed by atoms with van der Waals surface area (Å²) in [4.78, 5) is 12.9. The Bertz CT molecular complexity index is 2920. The molecular formula is C81H120O7. The number of aliphatic carboxylic acids is 1. The molecule has 10 bridgehead atoms. The summed E-state index contributed by atoms with van der Waals surface area (Å²) in [7, 11) is 0. The maximum Gasteiger partial charge on any atom is 0.341 e. The fourth-order valence-electron chi connectivity index (χ4n) is 12.0. The molecule has 7 nitrogen and oxygen atoms in total. The molecule has 0 unspecified atom stereocenters. The lowest BCUT2D eigenvalue weighted by molar-refractivity contribution is -0.139. The normalized spacial score (nSPS) is 13.6. The Labute approximate surface area is 536 Å². The zero-order valence-electron chi connectivity index (χ0n) is 59.7. The molecule has 0 atom stereocenters. The van der Waals surface area contributed by atoms with E-state index < -0.39 is 12.6 Å². The first-order valence-electron chi connectivity index (χ1n) is 34.1. The monoisotopic (exact) mass is 1200 g/mol. The first-order chi connectivity index (χ1) is 40.9. The lowest BCUT2D eigenvalue weighted by atomic mass is 9.79. The lowest BCUT2D eigenvalue weighted by Crippen LogP contribution is -2.18. The highest BCUT2D eigenvalue weighted by Gasteiger charge is 2.31. The molecular weight excluding hydrogens is 1080 g/mol. The van der Waals surface area contributed by atoms with Crippen LogP contribution in [0.15, 0.2) is 60.7 Å². The smallest absolute Gasteiger partial charge is 0.341 e. The number of hydrogen-bond donors (Lipinski definition) is 1. The quantitative estimate of drug-likeness (QED) is 0.0640. The van der Waals surface area contributed by atoms with Gasteiger partial charge < -0.3 is 28.8 Å². The van der Waals surface area contributed by atoms with Crippen LogP contribution in [0.25, 0.3) is 0 Å². The summed E-state index contributed by atoms with van der Waals surface area (Å²) in [6, 6.07) is 23.8. The Balaban J connectivity index is 1.90. The Morgan fingerprint density at radius 2 is 0.477 bits per heavy atom. The fraction of sp³-hybridized carbons (Fsp3) is 0.617. The van der Waals surface area contributed by atoms with Crippen LogP contribution in [0.3, 0.4) is 0 Å². The van der Waals surface area contributed by atoms with Crippen LogP contribution in [-0.4, -0.2) is 44.1 Å². The highest BCUT2D eigenvalue weighted by molar-refractivity contribution is 5.69. The maximum absolute atomic E-state index is 12.9. The SMILES string of the molecule is CC(C)CCCOc1c2cc(C(C)(C)C)cc1Cc1cc(C(C)(C)C)cc(c1OCCCC(C)C)Cc1cc(C(C)(C)C)cc(c1OCC(=O)O)Cc1cc(C(C)(C)C)cc(c1OCCCC(C)C)Cc1cc(C(C)(C)C)cc(c1OCCCC(C)C)C2. The second-order valence-electron chi connectivity index (χ2n) is 33.0. The minimum absolute atomic E-state index is 0.194. The molecule has 0 aromatic heterocycles. The lowest BCUT2D eigenvalue weighted by Gasteiger charge is -2.29. The summed E-state index contributed by atoms with van der Waals surface area (Å²) in [5.41, 5.74) is 15.8. The van der Waals surface area contributed by atoms with E-state index in [0.717, 1.165) is 136 Å². The summed E-state index contributed by atoms with van der Waals surface area (Å²) in [6.45, 7) is 54.8. The molecule has 1 N–H and O–H groups in total. The number of carboxylic acids is 1. The van der Waals surface area contributed by atoms with E-state index in [2.05, 4.69) is 220 Å². The van der Waals surface area contributed by atoms with E-state index in [1.54, 1.807) is 0 Å². The van der Waals surface area contributed by atoms with Crippen molar-refractivity contribution in [2.24, 2.45) is 23.7 Å². The molecule has 0 saturated heterocycles. The van der Waals surface area contributed by atoms with Gasteiger partial charge in [-0.05, 0) is 186 Å². The highest BCUT2D eigenvalue weighted by atomic mass is 16.5. The van der Waals surface area contributed by atoms with Gasteiger partial charge >= 0.3 is 5.97 Å². The van der Waals surface area contributed by atoms with E-state index in [0.29, 0.717) is 88.0 Å². The first kappa shape index (κ1) is 71.6. The zero-order valence-corrected chi connectivity index (χ0v) is 59.7.